The SMILES string of the molecule is CCB1OCC(=CCC=O)O1. The van der Waals surface area contributed by atoms with Crippen LogP contribution in [0, 0.1) is 0 Å². The molecule has 0 aromatic rings. The molecule has 1 fully saturated rings. The van der Waals surface area contributed by atoms with E-state index < -0.39 is 0 Å². The first-order valence-corrected chi connectivity index (χ1v) is 3.77. The van der Waals surface area contributed by atoms with Crippen molar-refractivity contribution in [3.05, 3.63) is 11.8 Å². The minimum Gasteiger partial charge on any atom is -0.538 e. The molecule has 1 saturated heterocycles. The van der Waals surface area contributed by atoms with Crippen LogP contribution in [0.3, 0.4) is 0 Å². The van der Waals surface area contributed by atoms with E-state index in [0.717, 1.165) is 18.4 Å². The number of aldehydes is 1. The van der Waals surface area contributed by atoms with Gasteiger partial charge >= 0.3 is 7.12 Å². The van der Waals surface area contributed by atoms with Gasteiger partial charge in [-0.15, -0.1) is 0 Å². The van der Waals surface area contributed by atoms with Gasteiger partial charge in [-0.05, 0) is 12.4 Å². The van der Waals surface area contributed by atoms with Gasteiger partial charge in [0, 0.05) is 6.42 Å². The molecule has 0 aromatic carbocycles. The molecule has 0 bridgehead atoms. The first-order chi connectivity index (χ1) is 5.36. The van der Waals surface area contributed by atoms with Gasteiger partial charge in [0.05, 0.1) is 12.4 Å². The Morgan fingerprint density at radius 1 is 1.73 bits per heavy atom. The molecule has 0 saturated carbocycles. The van der Waals surface area contributed by atoms with E-state index in [2.05, 4.69) is 0 Å². The summed E-state index contributed by atoms with van der Waals surface area (Å²) in [6.45, 7) is 2.50. The molecular weight excluding hydrogens is 143 g/mol. The van der Waals surface area contributed by atoms with Crippen LogP contribution in [-0.4, -0.2) is 20.0 Å². The molecule has 0 unspecified atom stereocenters. The summed E-state index contributed by atoms with van der Waals surface area (Å²) in [4.78, 5) is 9.97. The van der Waals surface area contributed by atoms with Crippen molar-refractivity contribution in [3.8, 4) is 0 Å². The van der Waals surface area contributed by atoms with Crippen LogP contribution in [0.25, 0.3) is 0 Å². The lowest BCUT2D eigenvalue weighted by atomic mass is 9.87. The van der Waals surface area contributed by atoms with Crippen LogP contribution in [0.15, 0.2) is 11.8 Å². The Kier molecular flexibility index (Phi) is 3.17. The summed E-state index contributed by atoms with van der Waals surface area (Å²) in [7, 11) is -0.104. The van der Waals surface area contributed by atoms with Crippen molar-refractivity contribution in [1.82, 2.24) is 0 Å². The summed E-state index contributed by atoms with van der Waals surface area (Å²) in [5.74, 6) is 0.781. The van der Waals surface area contributed by atoms with Crippen molar-refractivity contribution in [2.45, 2.75) is 19.7 Å². The van der Waals surface area contributed by atoms with Gasteiger partial charge in [0.1, 0.15) is 6.29 Å². The fourth-order valence-corrected chi connectivity index (χ4v) is 0.900. The van der Waals surface area contributed by atoms with Crippen LogP contribution in [0.1, 0.15) is 13.3 Å². The second-order valence-electron chi connectivity index (χ2n) is 2.34. The average molecular weight is 154 g/mol. The second-order valence-corrected chi connectivity index (χ2v) is 2.34. The summed E-state index contributed by atoms with van der Waals surface area (Å²) >= 11 is 0. The van der Waals surface area contributed by atoms with Crippen molar-refractivity contribution >= 4 is 13.4 Å². The Bertz CT molecular complexity index is 167. The molecule has 1 aliphatic rings. The fraction of sp³-hybridized carbons (Fsp3) is 0.571. The normalized spacial score (nSPS) is 20.5. The third-order valence-electron chi connectivity index (χ3n) is 1.47. The highest BCUT2D eigenvalue weighted by Crippen LogP contribution is 2.14. The lowest BCUT2D eigenvalue weighted by Crippen LogP contribution is -2.10. The smallest absolute Gasteiger partial charge is 0.525 e. The Balaban J connectivity index is 2.34. The average Bonchev–Trinajstić information content (AvgIpc) is 2.48. The molecule has 1 heterocycles. The summed E-state index contributed by atoms with van der Waals surface area (Å²) < 4.78 is 10.5. The summed E-state index contributed by atoms with van der Waals surface area (Å²) in [6.07, 6.45) is 3.85. The monoisotopic (exact) mass is 154 g/mol. The molecule has 11 heavy (non-hydrogen) atoms. The van der Waals surface area contributed by atoms with E-state index >= 15 is 0 Å². The molecule has 1 aliphatic heterocycles. The van der Waals surface area contributed by atoms with Gasteiger partial charge in [-0.2, -0.15) is 0 Å². The summed E-state index contributed by atoms with van der Waals surface area (Å²) in [6, 6.07) is 0. The van der Waals surface area contributed by atoms with Crippen molar-refractivity contribution in [3.63, 3.8) is 0 Å². The molecule has 1 rings (SSSR count). The Labute approximate surface area is 66.5 Å². The maximum Gasteiger partial charge on any atom is 0.525 e. The maximum absolute atomic E-state index is 9.97. The number of carbonyl (C=O) groups excluding carboxylic acids is 1. The van der Waals surface area contributed by atoms with Gasteiger partial charge in [-0.3, -0.25) is 0 Å². The predicted molar refractivity (Wildman–Crippen MR) is 42.0 cm³/mol. The number of allylic oxidation sites excluding steroid dienone is 1. The molecule has 0 amide bonds. The number of carbonyl (C=O) groups is 1. The first-order valence-electron chi connectivity index (χ1n) is 3.77. The molecule has 60 valence electrons. The third kappa shape index (κ3) is 2.39. The lowest BCUT2D eigenvalue weighted by molar-refractivity contribution is -0.107. The van der Waals surface area contributed by atoms with E-state index in [1.54, 1.807) is 6.08 Å². The van der Waals surface area contributed by atoms with Crippen LogP contribution in [0.4, 0.5) is 0 Å². The van der Waals surface area contributed by atoms with Crippen LogP contribution in [-0.2, 0) is 14.1 Å². The van der Waals surface area contributed by atoms with Crippen LogP contribution >= 0.6 is 0 Å². The van der Waals surface area contributed by atoms with Gasteiger partial charge in [0.2, 0.25) is 0 Å². The van der Waals surface area contributed by atoms with E-state index in [9.17, 15) is 4.79 Å². The predicted octanol–water partition coefficient (Wildman–Crippen LogP) is 1.01. The zero-order valence-corrected chi connectivity index (χ0v) is 6.58. The largest absolute Gasteiger partial charge is 0.538 e. The fourth-order valence-electron chi connectivity index (χ4n) is 0.900. The number of hydrogen-bond donors (Lipinski definition) is 0. The van der Waals surface area contributed by atoms with Crippen molar-refractivity contribution in [2.24, 2.45) is 0 Å². The maximum atomic E-state index is 9.97. The molecular formula is C7H11BO3. The standard InChI is InChI=1S/C7H11BO3/c1-2-8-10-6-7(11-8)4-3-5-9/h4-5H,2-3,6H2,1H3. The van der Waals surface area contributed by atoms with E-state index in [1.165, 1.54) is 0 Å². The molecule has 0 radical (unpaired) electrons. The molecule has 0 spiro atoms. The zero-order chi connectivity index (χ0) is 8.10. The number of rotatable bonds is 3. The van der Waals surface area contributed by atoms with Crippen molar-refractivity contribution in [2.75, 3.05) is 6.61 Å². The Hall–Kier alpha value is -0.765. The molecule has 0 aliphatic carbocycles. The van der Waals surface area contributed by atoms with Gasteiger partial charge in [-0.1, -0.05) is 6.92 Å². The zero-order valence-electron chi connectivity index (χ0n) is 6.58. The van der Waals surface area contributed by atoms with Crippen molar-refractivity contribution < 1.29 is 14.1 Å². The summed E-state index contributed by atoms with van der Waals surface area (Å²) in [5.41, 5.74) is 0. The summed E-state index contributed by atoms with van der Waals surface area (Å²) in [5, 5.41) is 0. The molecule has 0 atom stereocenters. The minimum absolute atomic E-state index is 0.104. The highest BCUT2D eigenvalue weighted by Gasteiger charge is 2.25. The van der Waals surface area contributed by atoms with E-state index in [0.29, 0.717) is 13.0 Å². The van der Waals surface area contributed by atoms with E-state index in [4.69, 9.17) is 9.31 Å². The van der Waals surface area contributed by atoms with Crippen LogP contribution in [0.5, 0.6) is 0 Å². The Morgan fingerprint density at radius 3 is 3.09 bits per heavy atom. The topological polar surface area (TPSA) is 35.5 Å². The molecule has 3 nitrogen and oxygen atoms in total. The van der Waals surface area contributed by atoms with Crippen LogP contribution in [0.2, 0.25) is 6.32 Å². The van der Waals surface area contributed by atoms with Crippen LogP contribution < -0.4 is 0 Å². The second kappa shape index (κ2) is 4.18. The van der Waals surface area contributed by atoms with E-state index in [1.807, 2.05) is 6.92 Å². The highest BCUT2D eigenvalue weighted by atomic mass is 16.6. The molecule has 4 heteroatoms. The van der Waals surface area contributed by atoms with Gasteiger partial charge in [0.15, 0.2) is 0 Å². The first kappa shape index (κ1) is 8.33. The molecule has 0 N–H and O–H groups in total. The van der Waals surface area contributed by atoms with Gasteiger partial charge in [-0.25, -0.2) is 0 Å². The van der Waals surface area contributed by atoms with Gasteiger partial charge in [0.25, 0.3) is 0 Å². The van der Waals surface area contributed by atoms with Gasteiger partial charge < -0.3 is 14.1 Å². The minimum atomic E-state index is -0.104. The Morgan fingerprint density at radius 2 is 2.55 bits per heavy atom. The quantitative estimate of drug-likeness (QED) is 0.449. The molecule has 0 aromatic heterocycles. The number of hydrogen-bond acceptors (Lipinski definition) is 3. The lowest BCUT2D eigenvalue weighted by Gasteiger charge is -1.98. The third-order valence-corrected chi connectivity index (χ3v) is 1.47. The van der Waals surface area contributed by atoms with E-state index in [-0.39, 0.29) is 7.12 Å². The van der Waals surface area contributed by atoms with Crippen molar-refractivity contribution in [1.29, 1.82) is 0 Å². The highest BCUT2D eigenvalue weighted by molar-refractivity contribution is 6.45.